The van der Waals surface area contributed by atoms with E-state index in [0.29, 0.717) is 16.3 Å². The van der Waals surface area contributed by atoms with Crippen molar-refractivity contribution in [1.29, 1.82) is 0 Å². The summed E-state index contributed by atoms with van der Waals surface area (Å²) in [5, 5.41) is 0.308. The van der Waals surface area contributed by atoms with Gasteiger partial charge in [-0.15, -0.1) is 0 Å². The highest BCUT2D eigenvalue weighted by Crippen LogP contribution is 2.26. The summed E-state index contributed by atoms with van der Waals surface area (Å²) in [6.07, 6.45) is 1.58. The maximum absolute atomic E-state index is 12.2. The van der Waals surface area contributed by atoms with Crippen LogP contribution in [-0.4, -0.2) is 13.4 Å². The lowest BCUT2D eigenvalue weighted by atomic mass is 10.2. The third-order valence-corrected chi connectivity index (χ3v) is 4.55. The monoisotopic (exact) mass is 311 g/mol. The minimum Gasteiger partial charge on any atom is -0.398 e. The van der Waals surface area contributed by atoms with Gasteiger partial charge in [-0.05, 0) is 43.2 Å². The molecule has 0 amide bonds. The van der Waals surface area contributed by atoms with E-state index in [1.165, 1.54) is 12.1 Å². The van der Waals surface area contributed by atoms with E-state index < -0.39 is 10.0 Å². The van der Waals surface area contributed by atoms with Crippen molar-refractivity contribution in [2.75, 3.05) is 10.5 Å². The van der Waals surface area contributed by atoms with Crippen LogP contribution in [-0.2, 0) is 10.0 Å². The van der Waals surface area contributed by atoms with Crippen molar-refractivity contribution in [3.63, 3.8) is 0 Å². The lowest BCUT2D eigenvalue weighted by Gasteiger charge is -2.10. The first kappa shape index (κ1) is 14.6. The highest BCUT2D eigenvalue weighted by atomic mass is 35.5. The van der Waals surface area contributed by atoms with Gasteiger partial charge in [0.15, 0.2) is 0 Å². The summed E-state index contributed by atoms with van der Waals surface area (Å²) < 4.78 is 26.9. The largest absolute Gasteiger partial charge is 0.398 e. The summed E-state index contributed by atoms with van der Waals surface area (Å²) in [6.45, 7) is 3.59. The maximum Gasteiger partial charge on any atom is 0.263 e. The number of aromatic nitrogens is 1. The van der Waals surface area contributed by atoms with Crippen molar-refractivity contribution in [3.8, 4) is 0 Å². The van der Waals surface area contributed by atoms with E-state index in [1.807, 2.05) is 6.92 Å². The summed E-state index contributed by atoms with van der Waals surface area (Å²) in [5.74, 6) is 0.242. The van der Waals surface area contributed by atoms with E-state index in [9.17, 15) is 8.42 Å². The smallest absolute Gasteiger partial charge is 0.263 e. The summed E-state index contributed by atoms with van der Waals surface area (Å²) in [5.41, 5.74) is 7.66. The Kier molecular flexibility index (Phi) is 3.87. The molecule has 0 unspecified atom stereocenters. The number of nitrogen functional groups attached to an aromatic ring is 1. The maximum atomic E-state index is 12.2. The number of nitrogens with two attached hydrogens (primary N) is 1. The molecule has 0 atom stereocenters. The molecule has 1 aromatic carbocycles. The zero-order chi connectivity index (χ0) is 14.9. The molecule has 0 aliphatic heterocycles. The SMILES string of the molecule is Cc1ccc(NS(=O)(=O)c2cc(N)c(C)c(Cl)c2)nc1. The van der Waals surface area contributed by atoms with Crippen molar-refractivity contribution in [2.24, 2.45) is 0 Å². The fourth-order valence-electron chi connectivity index (χ4n) is 1.55. The number of hydrogen-bond donors (Lipinski definition) is 2. The van der Waals surface area contributed by atoms with Gasteiger partial charge in [0.25, 0.3) is 10.0 Å². The molecule has 20 heavy (non-hydrogen) atoms. The van der Waals surface area contributed by atoms with Crippen molar-refractivity contribution in [1.82, 2.24) is 4.98 Å². The van der Waals surface area contributed by atoms with E-state index in [2.05, 4.69) is 9.71 Å². The van der Waals surface area contributed by atoms with E-state index in [1.54, 1.807) is 25.3 Å². The molecule has 2 rings (SSSR count). The molecule has 5 nitrogen and oxygen atoms in total. The number of nitrogens with one attached hydrogen (secondary N) is 1. The Balaban J connectivity index is 2.38. The molecular formula is C13H14ClN3O2S. The van der Waals surface area contributed by atoms with Crippen molar-refractivity contribution in [3.05, 3.63) is 46.6 Å². The van der Waals surface area contributed by atoms with E-state index >= 15 is 0 Å². The van der Waals surface area contributed by atoms with E-state index in [4.69, 9.17) is 17.3 Å². The van der Waals surface area contributed by atoms with Gasteiger partial charge < -0.3 is 5.73 Å². The molecule has 7 heteroatoms. The molecule has 2 aromatic rings. The molecule has 0 spiro atoms. The molecule has 0 saturated carbocycles. The van der Waals surface area contributed by atoms with Crippen LogP contribution in [0, 0.1) is 13.8 Å². The Labute approximate surface area is 122 Å². The molecule has 106 valence electrons. The quantitative estimate of drug-likeness (QED) is 0.853. The van der Waals surface area contributed by atoms with Crippen LogP contribution < -0.4 is 10.5 Å². The molecule has 0 radical (unpaired) electrons. The average Bonchev–Trinajstić information content (AvgIpc) is 2.38. The van der Waals surface area contributed by atoms with Gasteiger partial charge in [0.2, 0.25) is 0 Å². The first-order valence-electron chi connectivity index (χ1n) is 5.81. The molecule has 0 saturated heterocycles. The van der Waals surface area contributed by atoms with Crippen LogP contribution in [0.1, 0.15) is 11.1 Å². The number of benzene rings is 1. The third kappa shape index (κ3) is 3.02. The molecule has 0 fully saturated rings. The number of pyridine rings is 1. The first-order chi connectivity index (χ1) is 9.29. The van der Waals surface area contributed by atoms with Gasteiger partial charge in [0.1, 0.15) is 5.82 Å². The fourth-order valence-corrected chi connectivity index (χ4v) is 2.91. The predicted molar refractivity (Wildman–Crippen MR) is 80.4 cm³/mol. The van der Waals surface area contributed by atoms with Crippen LogP contribution in [0.3, 0.4) is 0 Å². The highest BCUT2D eigenvalue weighted by Gasteiger charge is 2.17. The zero-order valence-electron chi connectivity index (χ0n) is 11.0. The van der Waals surface area contributed by atoms with Gasteiger partial charge in [0.05, 0.1) is 4.90 Å². The lowest BCUT2D eigenvalue weighted by molar-refractivity contribution is 0.601. The second kappa shape index (κ2) is 5.30. The normalized spacial score (nSPS) is 11.3. The van der Waals surface area contributed by atoms with Crippen LogP contribution in [0.25, 0.3) is 0 Å². The van der Waals surface area contributed by atoms with Crippen molar-refractivity contribution >= 4 is 33.1 Å². The molecule has 0 bridgehead atoms. The van der Waals surface area contributed by atoms with Gasteiger partial charge in [-0.25, -0.2) is 13.4 Å². The number of anilines is 2. The Bertz CT molecular complexity index is 720. The van der Waals surface area contributed by atoms with Crippen molar-refractivity contribution < 1.29 is 8.42 Å². The van der Waals surface area contributed by atoms with Gasteiger partial charge in [-0.1, -0.05) is 17.7 Å². The molecular weight excluding hydrogens is 298 g/mol. The minimum absolute atomic E-state index is 0.00738. The summed E-state index contributed by atoms with van der Waals surface area (Å²) in [6, 6.07) is 6.09. The number of rotatable bonds is 3. The molecule has 3 N–H and O–H groups in total. The topological polar surface area (TPSA) is 85.1 Å². The zero-order valence-corrected chi connectivity index (χ0v) is 12.6. The Morgan fingerprint density at radius 1 is 1.25 bits per heavy atom. The van der Waals surface area contributed by atoms with E-state index in [-0.39, 0.29) is 10.7 Å². The summed E-state index contributed by atoms with van der Waals surface area (Å²) >= 11 is 5.96. The number of aryl methyl sites for hydroxylation is 1. The standard InChI is InChI=1S/C13H14ClN3O2S/c1-8-3-4-13(16-7-8)17-20(18,19)10-5-11(14)9(2)12(15)6-10/h3-7H,15H2,1-2H3,(H,16,17). The Hall–Kier alpha value is -1.79. The molecule has 1 aromatic heterocycles. The van der Waals surface area contributed by atoms with Crippen LogP contribution >= 0.6 is 11.6 Å². The summed E-state index contributed by atoms with van der Waals surface area (Å²) in [4.78, 5) is 4.00. The number of hydrogen-bond acceptors (Lipinski definition) is 4. The number of halogens is 1. The van der Waals surface area contributed by atoms with E-state index in [0.717, 1.165) is 5.56 Å². The lowest BCUT2D eigenvalue weighted by Crippen LogP contribution is -2.14. The first-order valence-corrected chi connectivity index (χ1v) is 7.67. The summed E-state index contributed by atoms with van der Waals surface area (Å²) in [7, 11) is -3.76. The van der Waals surface area contributed by atoms with Crippen molar-refractivity contribution in [2.45, 2.75) is 18.7 Å². The second-order valence-electron chi connectivity index (χ2n) is 4.45. The van der Waals surface area contributed by atoms with Gasteiger partial charge >= 0.3 is 0 Å². The van der Waals surface area contributed by atoms with Gasteiger partial charge in [0, 0.05) is 16.9 Å². The van der Waals surface area contributed by atoms with Crippen LogP contribution in [0.2, 0.25) is 5.02 Å². The van der Waals surface area contributed by atoms with Crippen LogP contribution in [0.5, 0.6) is 0 Å². The fraction of sp³-hybridized carbons (Fsp3) is 0.154. The van der Waals surface area contributed by atoms with Crippen LogP contribution in [0.15, 0.2) is 35.4 Å². The molecule has 1 heterocycles. The predicted octanol–water partition coefficient (Wildman–Crippen LogP) is 2.73. The van der Waals surface area contributed by atoms with Gasteiger partial charge in [-0.2, -0.15) is 0 Å². The molecule has 0 aliphatic carbocycles. The number of sulfonamides is 1. The minimum atomic E-state index is -3.76. The number of nitrogens with zero attached hydrogens (tertiary/aromatic N) is 1. The second-order valence-corrected chi connectivity index (χ2v) is 6.54. The highest BCUT2D eigenvalue weighted by molar-refractivity contribution is 7.92. The molecule has 0 aliphatic rings. The Morgan fingerprint density at radius 2 is 1.95 bits per heavy atom. The van der Waals surface area contributed by atoms with Crippen LogP contribution in [0.4, 0.5) is 11.5 Å². The average molecular weight is 312 g/mol. The third-order valence-electron chi connectivity index (χ3n) is 2.82. The van der Waals surface area contributed by atoms with Gasteiger partial charge in [-0.3, -0.25) is 4.72 Å². The Morgan fingerprint density at radius 3 is 2.50 bits per heavy atom.